The smallest absolute Gasteiger partial charge is 0.123 e. The first-order chi connectivity index (χ1) is 7.31. The Labute approximate surface area is 88.4 Å². The minimum Gasteiger partial charge on any atom is -0.381 e. The second kappa shape index (κ2) is 4.70. The standard InChI is InChI=1S/C11H15FN2O/c12-10-3-1-2-8(6-10)11(14-13)9-4-5-15-7-9/h1-3,6,9,11,14H,4-5,7,13H2. The Morgan fingerprint density at radius 1 is 1.53 bits per heavy atom. The highest BCUT2D eigenvalue weighted by Crippen LogP contribution is 2.28. The molecule has 2 unspecified atom stereocenters. The number of nitrogens with one attached hydrogen (secondary N) is 1. The molecule has 4 heteroatoms. The van der Waals surface area contributed by atoms with Gasteiger partial charge in [-0.2, -0.15) is 0 Å². The first-order valence-electron chi connectivity index (χ1n) is 5.10. The van der Waals surface area contributed by atoms with E-state index in [-0.39, 0.29) is 11.9 Å². The third-order valence-electron chi connectivity index (χ3n) is 2.82. The van der Waals surface area contributed by atoms with Crippen LogP contribution in [0.1, 0.15) is 18.0 Å². The highest BCUT2D eigenvalue weighted by atomic mass is 19.1. The Balaban J connectivity index is 2.18. The van der Waals surface area contributed by atoms with E-state index >= 15 is 0 Å². The van der Waals surface area contributed by atoms with Crippen LogP contribution in [-0.4, -0.2) is 13.2 Å². The van der Waals surface area contributed by atoms with Gasteiger partial charge in [0.2, 0.25) is 0 Å². The Morgan fingerprint density at radius 3 is 3.00 bits per heavy atom. The normalized spacial score (nSPS) is 22.9. The van der Waals surface area contributed by atoms with Crippen molar-refractivity contribution in [2.24, 2.45) is 11.8 Å². The van der Waals surface area contributed by atoms with Gasteiger partial charge in [0.15, 0.2) is 0 Å². The van der Waals surface area contributed by atoms with Gasteiger partial charge in [-0.3, -0.25) is 11.3 Å². The molecule has 3 N–H and O–H groups in total. The zero-order chi connectivity index (χ0) is 10.7. The molecule has 1 aliphatic rings. The van der Waals surface area contributed by atoms with E-state index in [4.69, 9.17) is 10.6 Å². The SMILES string of the molecule is NNC(c1cccc(F)c1)C1CCOC1. The molecule has 1 fully saturated rings. The summed E-state index contributed by atoms with van der Waals surface area (Å²) in [6.07, 6.45) is 0.964. The first kappa shape index (κ1) is 10.5. The maximum absolute atomic E-state index is 13.1. The number of hydrazine groups is 1. The van der Waals surface area contributed by atoms with Gasteiger partial charge in [0.25, 0.3) is 0 Å². The Bertz CT molecular complexity index is 326. The van der Waals surface area contributed by atoms with Crippen molar-refractivity contribution in [1.82, 2.24) is 5.43 Å². The fourth-order valence-corrected chi connectivity index (χ4v) is 2.02. The summed E-state index contributed by atoms with van der Waals surface area (Å²) in [5.41, 5.74) is 3.62. The summed E-state index contributed by atoms with van der Waals surface area (Å²) in [5, 5.41) is 0. The van der Waals surface area contributed by atoms with E-state index < -0.39 is 0 Å². The molecule has 0 spiro atoms. The zero-order valence-corrected chi connectivity index (χ0v) is 8.45. The van der Waals surface area contributed by atoms with Gasteiger partial charge in [0.05, 0.1) is 12.6 Å². The maximum atomic E-state index is 13.1. The summed E-state index contributed by atoms with van der Waals surface area (Å²) < 4.78 is 18.4. The van der Waals surface area contributed by atoms with Gasteiger partial charge < -0.3 is 4.74 Å². The molecule has 1 aromatic carbocycles. The van der Waals surface area contributed by atoms with Gasteiger partial charge in [0, 0.05) is 12.5 Å². The molecular weight excluding hydrogens is 195 g/mol. The molecule has 2 rings (SSSR count). The van der Waals surface area contributed by atoms with Crippen LogP contribution in [0.3, 0.4) is 0 Å². The lowest BCUT2D eigenvalue weighted by Crippen LogP contribution is -2.33. The van der Waals surface area contributed by atoms with Crippen LogP contribution in [0, 0.1) is 11.7 Å². The summed E-state index contributed by atoms with van der Waals surface area (Å²) in [7, 11) is 0. The van der Waals surface area contributed by atoms with Crippen LogP contribution in [0.15, 0.2) is 24.3 Å². The topological polar surface area (TPSA) is 47.3 Å². The van der Waals surface area contributed by atoms with Crippen molar-refractivity contribution in [3.05, 3.63) is 35.6 Å². The summed E-state index contributed by atoms with van der Waals surface area (Å²) in [5.74, 6) is 5.61. The second-order valence-electron chi connectivity index (χ2n) is 3.82. The van der Waals surface area contributed by atoms with Gasteiger partial charge in [0.1, 0.15) is 5.82 Å². The number of hydrogen-bond donors (Lipinski definition) is 2. The van der Waals surface area contributed by atoms with Crippen molar-refractivity contribution >= 4 is 0 Å². The van der Waals surface area contributed by atoms with E-state index in [9.17, 15) is 4.39 Å². The van der Waals surface area contributed by atoms with E-state index in [1.807, 2.05) is 6.07 Å². The van der Waals surface area contributed by atoms with E-state index in [2.05, 4.69) is 5.43 Å². The molecule has 15 heavy (non-hydrogen) atoms. The van der Waals surface area contributed by atoms with Crippen molar-refractivity contribution < 1.29 is 9.13 Å². The number of hydrogen-bond acceptors (Lipinski definition) is 3. The highest BCUT2D eigenvalue weighted by Gasteiger charge is 2.26. The van der Waals surface area contributed by atoms with Crippen molar-refractivity contribution in [3.8, 4) is 0 Å². The van der Waals surface area contributed by atoms with E-state index in [0.717, 1.165) is 18.6 Å². The Hall–Kier alpha value is -0.970. The molecule has 0 amide bonds. The molecule has 0 aliphatic carbocycles. The zero-order valence-electron chi connectivity index (χ0n) is 8.45. The lowest BCUT2D eigenvalue weighted by atomic mass is 9.93. The second-order valence-corrected chi connectivity index (χ2v) is 3.82. The molecule has 2 atom stereocenters. The summed E-state index contributed by atoms with van der Waals surface area (Å²) in [4.78, 5) is 0. The van der Waals surface area contributed by atoms with Crippen LogP contribution in [-0.2, 0) is 4.74 Å². The third-order valence-corrected chi connectivity index (χ3v) is 2.82. The lowest BCUT2D eigenvalue weighted by Gasteiger charge is -2.21. The van der Waals surface area contributed by atoms with Crippen LogP contribution < -0.4 is 11.3 Å². The van der Waals surface area contributed by atoms with E-state index in [1.54, 1.807) is 6.07 Å². The number of rotatable bonds is 3. The van der Waals surface area contributed by atoms with E-state index in [0.29, 0.717) is 12.5 Å². The molecule has 3 nitrogen and oxygen atoms in total. The largest absolute Gasteiger partial charge is 0.381 e. The summed E-state index contributed by atoms with van der Waals surface area (Å²) in [6, 6.07) is 6.50. The van der Waals surface area contributed by atoms with Gasteiger partial charge in [-0.25, -0.2) is 4.39 Å². The third kappa shape index (κ3) is 2.34. The van der Waals surface area contributed by atoms with Crippen LogP contribution in [0.2, 0.25) is 0 Å². The molecule has 0 radical (unpaired) electrons. The molecule has 0 aromatic heterocycles. The molecule has 82 valence electrons. The number of benzene rings is 1. The Kier molecular flexibility index (Phi) is 3.30. The molecule has 1 heterocycles. The average molecular weight is 210 g/mol. The first-order valence-corrected chi connectivity index (χ1v) is 5.10. The number of nitrogens with two attached hydrogens (primary N) is 1. The van der Waals surface area contributed by atoms with Gasteiger partial charge in [-0.15, -0.1) is 0 Å². The summed E-state index contributed by atoms with van der Waals surface area (Å²) in [6.45, 7) is 1.45. The van der Waals surface area contributed by atoms with Crippen LogP contribution in [0.25, 0.3) is 0 Å². The minimum absolute atomic E-state index is 0.0248. The molecular formula is C11H15FN2O. The molecule has 1 saturated heterocycles. The fourth-order valence-electron chi connectivity index (χ4n) is 2.02. The molecule has 0 bridgehead atoms. The number of halogens is 1. The molecule has 1 aromatic rings. The quantitative estimate of drug-likeness (QED) is 0.585. The van der Waals surface area contributed by atoms with Gasteiger partial charge >= 0.3 is 0 Å². The predicted octanol–water partition coefficient (Wildman–Crippen LogP) is 1.37. The van der Waals surface area contributed by atoms with Crippen LogP contribution in [0.5, 0.6) is 0 Å². The van der Waals surface area contributed by atoms with Gasteiger partial charge in [-0.05, 0) is 24.1 Å². The minimum atomic E-state index is -0.230. The summed E-state index contributed by atoms with van der Waals surface area (Å²) >= 11 is 0. The van der Waals surface area contributed by atoms with Crippen molar-refractivity contribution in [2.45, 2.75) is 12.5 Å². The lowest BCUT2D eigenvalue weighted by molar-refractivity contribution is 0.176. The van der Waals surface area contributed by atoms with Crippen molar-refractivity contribution in [3.63, 3.8) is 0 Å². The number of ether oxygens (including phenoxy) is 1. The van der Waals surface area contributed by atoms with Gasteiger partial charge in [-0.1, -0.05) is 12.1 Å². The molecule has 1 aliphatic heterocycles. The van der Waals surface area contributed by atoms with Crippen molar-refractivity contribution in [2.75, 3.05) is 13.2 Å². The fraction of sp³-hybridized carbons (Fsp3) is 0.455. The predicted molar refractivity (Wildman–Crippen MR) is 55.4 cm³/mol. The van der Waals surface area contributed by atoms with Crippen LogP contribution >= 0.6 is 0 Å². The monoisotopic (exact) mass is 210 g/mol. The van der Waals surface area contributed by atoms with Crippen molar-refractivity contribution in [1.29, 1.82) is 0 Å². The average Bonchev–Trinajstić information content (AvgIpc) is 2.72. The Morgan fingerprint density at radius 2 is 2.40 bits per heavy atom. The van der Waals surface area contributed by atoms with Crippen LogP contribution in [0.4, 0.5) is 4.39 Å². The van der Waals surface area contributed by atoms with E-state index in [1.165, 1.54) is 12.1 Å². The molecule has 0 saturated carbocycles. The highest BCUT2D eigenvalue weighted by molar-refractivity contribution is 5.21. The maximum Gasteiger partial charge on any atom is 0.123 e.